The molecule has 0 bridgehead atoms. The highest BCUT2D eigenvalue weighted by Crippen LogP contribution is 2.38. The van der Waals surface area contributed by atoms with E-state index in [0.717, 1.165) is 21.1 Å². The normalized spacial score (nSPS) is 13.3. The minimum absolute atomic E-state index is 0.212. The molecule has 0 saturated carbocycles. The van der Waals surface area contributed by atoms with Gasteiger partial charge in [0.1, 0.15) is 11.9 Å². The lowest BCUT2D eigenvalue weighted by Gasteiger charge is -2.02. The van der Waals surface area contributed by atoms with Gasteiger partial charge in [0.2, 0.25) is 6.79 Å². The number of benzene rings is 2. The lowest BCUT2D eigenvalue weighted by molar-refractivity contribution is 0.174. The fourth-order valence-corrected chi connectivity index (χ4v) is 2.87. The summed E-state index contributed by atoms with van der Waals surface area (Å²) >= 11 is 3.49. The molecule has 2 heterocycles. The predicted octanol–water partition coefficient (Wildman–Crippen LogP) is 4.12. The molecule has 0 unspecified atom stereocenters. The first-order valence-corrected chi connectivity index (χ1v) is 7.70. The summed E-state index contributed by atoms with van der Waals surface area (Å²) in [7, 11) is 0. The van der Waals surface area contributed by atoms with Crippen LogP contribution in [0.3, 0.4) is 0 Å². The van der Waals surface area contributed by atoms with Gasteiger partial charge in [-0.2, -0.15) is 5.26 Å². The number of H-pyrrole nitrogens is 1. The third-order valence-electron chi connectivity index (χ3n) is 3.56. The molecule has 0 fully saturated rings. The number of nitrogens with one attached hydrogen (secondary N) is 1. The summed E-state index contributed by atoms with van der Waals surface area (Å²) in [5, 5.41) is 9.50. The molecule has 0 amide bonds. The number of halogens is 1. The van der Waals surface area contributed by atoms with Crippen molar-refractivity contribution in [2.75, 3.05) is 6.79 Å². The van der Waals surface area contributed by atoms with Crippen molar-refractivity contribution in [3.8, 4) is 17.6 Å². The molecule has 0 radical (unpaired) electrons. The zero-order chi connectivity index (χ0) is 15.8. The highest BCUT2D eigenvalue weighted by atomic mass is 79.9. The molecule has 1 aliphatic heterocycles. The molecule has 3 aromatic rings. The number of aromatic nitrogens is 2. The quantitative estimate of drug-likeness (QED) is 0.691. The summed E-state index contributed by atoms with van der Waals surface area (Å²) < 4.78 is 11.5. The maximum absolute atomic E-state index is 9.50. The third kappa shape index (κ3) is 2.45. The molecule has 1 aromatic heterocycles. The number of hydrogen-bond acceptors (Lipinski definition) is 4. The van der Waals surface area contributed by atoms with Crippen molar-refractivity contribution in [3.05, 3.63) is 52.3 Å². The van der Waals surface area contributed by atoms with Crippen LogP contribution in [0.5, 0.6) is 11.5 Å². The van der Waals surface area contributed by atoms with E-state index in [2.05, 4.69) is 32.0 Å². The standard InChI is InChI=1S/C17H10BrN3O2/c18-12-7-16-15(22-9-23-16)6-10(12)5-11(8-19)17-20-13-3-1-2-4-14(13)21-17/h1-7H,9H2,(H,20,21). The molecule has 0 aliphatic carbocycles. The van der Waals surface area contributed by atoms with Crippen LogP contribution in [0.25, 0.3) is 22.7 Å². The van der Waals surface area contributed by atoms with Crippen LogP contribution in [0.2, 0.25) is 0 Å². The molecule has 112 valence electrons. The van der Waals surface area contributed by atoms with E-state index in [1.165, 1.54) is 0 Å². The highest BCUT2D eigenvalue weighted by Gasteiger charge is 2.16. The first kappa shape index (κ1) is 13.9. The fraction of sp³-hybridized carbons (Fsp3) is 0.0588. The van der Waals surface area contributed by atoms with Gasteiger partial charge >= 0.3 is 0 Å². The van der Waals surface area contributed by atoms with Crippen molar-refractivity contribution in [2.24, 2.45) is 0 Å². The summed E-state index contributed by atoms with van der Waals surface area (Å²) in [6.45, 7) is 0.212. The van der Waals surface area contributed by atoms with Crippen molar-refractivity contribution in [1.82, 2.24) is 9.97 Å². The van der Waals surface area contributed by atoms with Crippen LogP contribution in [0, 0.1) is 11.3 Å². The summed E-state index contributed by atoms with van der Waals surface area (Å²) in [5.74, 6) is 1.90. The lowest BCUT2D eigenvalue weighted by Crippen LogP contribution is -1.92. The van der Waals surface area contributed by atoms with E-state index in [1.54, 1.807) is 6.08 Å². The smallest absolute Gasteiger partial charge is 0.231 e. The molecule has 0 saturated heterocycles. The Balaban J connectivity index is 1.80. The van der Waals surface area contributed by atoms with Crippen LogP contribution in [0.15, 0.2) is 40.9 Å². The topological polar surface area (TPSA) is 70.9 Å². The number of ether oxygens (including phenoxy) is 2. The summed E-state index contributed by atoms with van der Waals surface area (Å²) in [6.07, 6.45) is 1.77. The van der Waals surface area contributed by atoms with Gasteiger partial charge in [-0.1, -0.05) is 28.1 Å². The summed E-state index contributed by atoms with van der Waals surface area (Å²) in [4.78, 5) is 7.63. The van der Waals surface area contributed by atoms with E-state index in [9.17, 15) is 5.26 Å². The van der Waals surface area contributed by atoms with E-state index in [0.29, 0.717) is 22.9 Å². The number of allylic oxidation sites excluding steroid dienone is 1. The minimum atomic E-state index is 0.212. The predicted molar refractivity (Wildman–Crippen MR) is 89.8 cm³/mol. The number of nitriles is 1. The average Bonchev–Trinajstić information content (AvgIpc) is 3.18. The molecular weight excluding hydrogens is 358 g/mol. The number of nitrogens with zero attached hydrogens (tertiary/aromatic N) is 2. The molecule has 5 nitrogen and oxygen atoms in total. The summed E-state index contributed by atoms with van der Waals surface area (Å²) in [6, 6.07) is 13.5. The Hall–Kier alpha value is -2.78. The number of aromatic amines is 1. The van der Waals surface area contributed by atoms with Gasteiger partial charge in [-0.05, 0) is 35.9 Å². The van der Waals surface area contributed by atoms with E-state index in [1.807, 2.05) is 36.4 Å². The number of para-hydroxylation sites is 2. The van der Waals surface area contributed by atoms with Gasteiger partial charge in [0, 0.05) is 4.47 Å². The van der Waals surface area contributed by atoms with Gasteiger partial charge in [0.25, 0.3) is 0 Å². The maximum atomic E-state index is 9.50. The Bertz CT molecular complexity index is 952. The Labute approximate surface area is 140 Å². The van der Waals surface area contributed by atoms with Gasteiger partial charge < -0.3 is 14.5 Å². The number of imidazole rings is 1. The molecule has 2 aromatic carbocycles. The van der Waals surface area contributed by atoms with Gasteiger partial charge in [0.15, 0.2) is 11.5 Å². The molecule has 1 aliphatic rings. The van der Waals surface area contributed by atoms with Crippen LogP contribution in [-0.4, -0.2) is 16.8 Å². The van der Waals surface area contributed by atoms with Crippen molar-refractivity contribution >= 4 is 38.6 Å². The second-order valence-corrected chi connectivity index (χ2v) is 5.85. The van der Waals surface area contributed by atoms with E-state index in [4.69, 9.17) is 9.47 Å². The zero-order valence-corrected chi connectivity index (χ0v) is 13.4. The van der Waals surface area contributed by atoms with Crippen LogP contribution >= 0.6 is 15.9 Å². The first-order valence-electron chi connectivity index (χ1n) is 6.90. The highest BCUT2D eigenvalue weighted by molar-refractivity contribution is 9.10. The summed E-state index contributed by atoms with van der Waals surface area (Å²) in [5.41, 5.74) is 2.99. The van der Waals surface area contributed by atoms with Crippen LogP contribution in [-0.2, 0) is 0 Å². The molecule has 6 heteroatoms. The lowest BCUT2D eigenvalue weighted by atomic mass is 10.1. The molecule has 0 spiro atoms. The van der Waals surface area contributed by atoms with E-state index in [-0.39, 0.29) is 6.79 Å². The van der Waals surface area contributed by atoms with E-state index < -0.39 is 0 Å². The molecule has 1 N–H and O–H groups in total. The number of rotatable bonds is 2. The fourth-order valence-electron chi connectivity index (χ4n) is 2.43. The van der Waals surface area contributed by atoms with Crippen molar-refractivity contribution < 1.29 is 9.47 Å². The number of hydrogen-bond donors (Lipinski definition) is 1. The van der Waals surface area contributed by atoms with Gasteiger partial charge in [-0.3, -0.25) is 0 Å². The van der Waals surface area contributed by atoms with Gasteiger partial charge in [-0.25, -0.2) is 4.98 Å². The van der Waals surface area contributed by atoms with Crippen LogP contribution < -0.4 is 9.47 Å². The Morgan fingerprint density at radius 1 is 1.26 bits per heavy atom. The molecular formula is C17H10BrN3O2. The zero-order valence-electron chi connectivity index (χ0n) is 11.8. The Kier molecular flexibility index (Phi) is 3.28. The molecule has 4 rings (SSSR count). The SMILES string of the molecule is N#CC(=Cc1cc2c(cc1Br)OCO2)c1nc2ccccc2[nH]1. The second kappa shape index (κ2) is 5.45. The van der Waals surface area contributed by atoms with Crippen LogP contribution in [0.4, 0.5) is 0 Å². The van der Waals surface area contributed by atoms with Gasteiger partial charge in [-0.15, -0.1) is 0 Å². The minimum Gasteiger partial charge on any atom is -0.454 e. The first-order chi connectivity index (χ1) is 11.2. The van der Waals surface area contributed by atoms with Crippen molar-refractivity contribution in [1.29, 1.82) is 5.26 Å². The average molecular weight is 368 g/mol. The Morgan fingerprint density at radius 2 is 2.04 bits per heavy atom. The van der Waals surface area contributed by atoms with Gasteiger partial charge in [0.05, 0.1) is 16.6 Å². The second-order valence-electron chi connectivity index (χ2n) is 5.00. The van der Waals surface area contributed by atoms with Crippen molar-refractivity contribution in [3.63, 3.8) is 0 Å². The number of fused-ring (bicyclic) bond motifs is 2. The third-order valence-corrected chi connectivity index (χ3v) is 4.24. The largest absolute Gasteiger partial charge is 0.454 e. The Morgan fingerprint density at radius 3 is 2.83 bits per heavy atom. The molecule has 0 atom stereocenters. The maximum Gasteiger partial charge on any atom is 0.231 e. The van der Waals surface area contributed by atoms with Crippen LogP contribution in [0.1, 0.15) is 11.4 Å². The van der Waals surface area contributed by atoms with E-state index >= 15 is 0 Å². The van der Waals surface area contributed by atoms with Crippen molar-refractivity contribution in [2.45, 2.75) is 0 Å². The molecule has 23 heavy (non-hydrogen) atoms. The monoisotopic (exact) mass is 367 g/mol.